The predicted molar refractivity (Wildman–Crippen MR) is 88.9 cm³/mol. The molecule has 3 rings (SSSR count). The highest BCUT2D eigenvalue weighted by Crippen LogP contribution is 2.35. The number of Topliss-reactive ketones (excluding diaryl/α,β-unsaturated/α-hetero) is 1. The third-order valence-electron chi connectivity index (χ3n) is 3.96. The largest absolute Gasteiger partial charge is 0.433 e. The molecular formula is C17H15N3O5. The third-order valence-corrected chi connectivity index (χ3v) is 3.96. The first-order valence-corrected chi connectivity index (χ1v) is 7.51. The molecule has 0 saturated carbocycles. The minimum absolute atomic E-state index is 0.136. The summed E-state index contributed by atoms with van der Waals surface area (Å²) < 4.78 is 5.18. The standard InChI is InChI=1S/C17H15N3O5/c1-10-15(11(2)21)16(13-8-9-14(25-13)20(23)24)18-17(22)19(10)12-6-4-3-5-7-12/h3-9,16H,1-2H3,(H,18,22)/t16-/m0/s1. The molecule has 1 aliphatic rings. The fourth-order valence-corrected chi connectivity index (χ4v) is 2.90. The number of carbonyl (C=O) groups is 2. The monoisotopic (exact) mass is 341 g/mol. The van der Waals surface area contributed by atoms with Crippen LogP contribution in [0.25, 0.3) is 0 Å². The second-order valence-electron chi connectivity index (χ2n) is 5.54. The lowest BCUT2D eigenvalue weighted by atomic mass is 9.96. The molecule has 25 heavy (non-hydrogen) atoms. The summed E-state index contributed by atoms with van der Waals surface area (Å²) in [7, 11) is 0. The van der Waals surface area contributed by atoms with E-state index in [0.29, 0.717) is 17.0 Å². The molecule has 1 aliphatic heterocycles. The molecule has 1 atom stereocenters. The van der Waals surface area contributed by atoms with Crippen LogP contribution in [0.2, 0.25) is 0 Å². The Hall–Kier alpha value is -3.42. The number of nitro groups is 1. The number of carbonyl (C=O) groups excluding carboxylic acids is 2. The van der Waals surface area contributed by atoms with E-state index in [-0.39, 0.29) is 11.5 Å². The van der Waals surface area contributed by atoms with Crippen LogP contribution in [0, 0.1) is 10.1 Å². The lowest BCUT2D eigenvalue weighted by molar-refractivity contribution is -0.402. The summed E-state index contributed by atoms with van der Waals surface area (Å²) in [5, 5.41) is 13.5. The summed E-state index contributed by atoms with van der Waals surface area (Å²) in [5.41, 5.74) is 1.37. The van der Waals surface area contributed by atoms with E-state index in [1.165, 1.54) is 24.0 Å². The van der Waals surface area contributed by atoms with Crippen LogP contribution >= 0.6 is 0 Å². The van der Waals surface area contributed by atoms with Crippen molar-refractivity contribution in [2.45, 2.75) is 19.9 Å². The number of furan rings is 1. The maximum Gasteiger partial charge on any atom is 0.433 e. The average Bonchev–Trinajstić information content (AvgIpc) is 3.05. The molecule has 0 aliphatic carbocycles. The number of nitrogens with zero attached hydrogens (tertiary/aromatic N) is 2. The van der Waals surface area contributed by atoms with E-state index in [1.54, 1.807) is 31.2 Å². The number of hydrogen-bond donors (Lipinski definition) is 1. The van der Waals surface area contributed by atoms with E-state index >= 15 is 0 Å². The number of anilines is 1. The van der Waals surface area contributed by atoms with E-state index in [9.17, 15) is 19.7 Å². The van der Waals surface area contributed by atoms with Gasteiger partial charge in [-0.3, -0.25) is 19.8 Å². The van der Waals surface area contributed by atoms with Gasteiger partial charge < -0.3 is 9.73 Å². The van der Waals surface area contributed by atoms with Crippen LogP contribution in [0.5, 0.6) is 0 Å². The number of rotatable bonds is 4. The van der Waals surface area contributed by atoms with Gasteiger partial charge in [0.1, 0.15) is 16.7 Å². The molecular weight excluding hydrogens is 326 g/mol. The Morgan fingerprint density at radius 1 is 1.24 bits per heavy atom. The number of allylic oxidation sites excluding steroid dienone is 1. The van der Waals surface area contributed by atoms with Gasteiger partial charge in [-0.05, 0) is 32.0 Å². The zero-order valence-corrected chi connectivity index (χ0v) is 13.6. The summed E-state index contributed by atoms with van der Waals surface area (Å²) in [6.45, 7) is 3.04. The Labute approximate surface area is 142 Å². The number of para-hydroxylation sites is 1. The van der Waals surface area contributed by atoms with Crippen molar-refractivity contribution in [2.24, 2.45) is 0 Å². The van der Waals surface area contributed by atoms with E-state index < -0.39 is 22.9 Å². The predicted octanol–water partition coefficient (Wildman–Crippen LogP) is 3.32. The number of urea groups is 1. The summed E-state index contributed by atoms with van der Waals surface area (Å²) in [6, 6.07) is 10.1. The van der Waals surface area contributed by atoms with E-state index in [4.69, 9.17) is 4.42 Å². The third kappa shape index (κ3) is 2.89. The van der Waals surface area contributed by atoms with Crippen molar-refractivity contribution in [2.75, 3.05) is 4.90 Å². The Morgan fingerprint density at radius 2 is 1.92 bits per heavy atom. The maximum atomic E-state index is 12.6. The Morgan fingerprint density at radius 3 is 2.48 bits per heavy atom. The molecule has 2 aromatic rings. The van der Waals surface area contributed by atoms with Gasteiger partial charge in [0.15, 0.2) is 5.78 Å². The lowest BCUT2D eigenvalue weighted by Gasteiger charge is -2.34. The zero-order valence-electron chi connectivity index (χ0n) is 13.6. The van der Waals surface area contributed by atoms with Crippen LogP contribution in [0.3, 0.4) is 0 Å². The minimum atomic E-state index is -0.876. The molecule has 0 fully saturated rings. The summed E-state index contributed by atoms with van der Waals surface area (Å²) >= 11 is 0. The molecule has 128 valence electrons. The second kappa shape index (κ2) is 6.23. The quantitative estimate of drug-likeness (QED) is 0.678. The molecule has 0 saturated heterocycles. The summed E-state index contributed by atoms with van der Waals surface area (Å²) in [5.74, 6) is -0.574. The highest BCUT2D eigenvalue weighted by molar-refractivity contribution is 6.04. The van der Waals surface area contributed by atoms with Crippen molar-refractivity contribution >= 4 is 23.4 Å². The van der Waals surface area contributed by atoms with Gasteiger partial charge >= 0.3 is 11.9 Å². The van der Waals surface area contributed by atoms with Crippen LogP contribution < -0.4 is 10.2 Å². The van der Waals surface area contributed by atoms with Gasteiger partial charge in [0.25, 0.3) is 0 Å². The van der Waals surface area contributed by atoms with Crippen molar-refractivity contribution < 1.29 is 18.9 Å². The van der Waals surface area contributed by atoms with Crippen molar-refractivity contribution in [3.63, 3.8) is 0 Å². The molecule has 2 amide bonds. The SMILES string of the molecule is CC(=O)C1=C(C)N(c2ccccc2)C(=O)N[C@H]1c1ccc([N+](=O)[O-])o1. The molecule has 2 heterocycles. The molecule has 1 aromatic heterocycles. The minimum Gasteiger partial charge on any atom is -0.403 e. The van der Waals surface area contributed by atoms with Crippen LogP contribution in [0.1, 0.15) is 25.6 Å². The van der Waals surface area contributed by atoms with Gasteiger partial charge in [0.05, 0.1) is 11.8 Å². The molecule has 0 radical (unpaired) electrons. The van der Waals surface area contributed by atoms with E-state index in [1.807, 2.05) is 6.07 Å². The fourth-order valence-electron chi connectivity index (χ4n) is 2.90. The Kier molecular flexibility index (Phi) is 4.10. The van der Waals surface area contributed by atoms with Gasteiger partial charge in [0, 0.05) is 11.3 Å². The molecule has 0 unspecified atom stereocenters. The summed E-state index contributed by atoms with van der Waals surface area (Å²) in [6.07, 6.45) is 0. The normalized spacial score (nSPS) is 17.4. The average molecular weight is 341 g/mol. The molecule has 8 nitrogen and oxygen atoms in total. The molecule has 1 N–H and O–H groups in total. The Bertz CT molecular complexity index is 885. The summed E-state index contributed by atoms with van der Waals surface area (Å²) in [4.78, 5) is 36.3. The van der Waals surface area contributed by atoms with Crippen LogP contribution in [-0.2, 0) is 4.79 Å². The molecule has 8 heteroatoms. The van der Waals surface area contributed by atoms with Crippen molar-refractivity contribution in [1.82, 2.24) is 5.32 Å². The highest BCUT2D eigenvalue weighted by atomic mass is 16.6. The van der Waals surface area contributed by atoms with Crippen LogP contribution in [0.15, 0.2) is 58.2 Å². The number of ketones is 1. The second-order valence-corrected chi connectivity index (χ2v) is 5.54. The van der Waals surface area contributed by atoms with Crippen molar-refractivity contribution in [3.05, 3.63) is 69.6 Å². The topological polar surface area (TPSA) is 106 Å². The first kappa shape index (κ1) is 16.4. The first-order valence-electron chi connectivity index (χ1n) is 7.51. The number of amides is 2. The van der Waals surface area contributed by atoms with E-state index in [2.05, 4.69) is 5.32 Å². The fraction of sp³-hybridized carbons (Fsp3) is 0.176. The zero-order chi connectivity index (χ0) is 18.1. The van der Waals surface area contributed by atoms with Gasteiger partial charge in [-0.1, -0.05) is 18.2 Å². The maximum absolute atomic E-state index is 12.6. The van der Waals surface area contributed by atoms with Crippen LogP contribution in [-0.4, -0.2) is 16.7 Å². The van der Waals surface area contributed by atoms with E-state index in [0.717, 1.165) is 0 Å². The van der Waals surface area contributed by atoms with Crippen molar-refractivity contribution in [3.8, 4) is 0 Å². The number of nitrogens with one attached hydrogen (secondary N) is 1. The van der Waals surface area contributed by atoms with Gasteiger partial charge in [-0.25, -0.2) is 4.79 Å². The first-order chi connectivity index (χ1) is 11.9. The van der Waals surface area contributed by atoms with Gasteiger partial charge in [-0.2, -0.15) is 0 Å². The van der Waals surface area contributed by atoms with Gasteiger partial charge in [0.2, 0.25) is 0 Å². The molecule has 0 spiro atoms. The van der Waals surface area contributed by atoms with Gasteiger partial charge in [-0.15, -0.1) is 0 Å². The van der Waals surface area contributed by atoms with Crippen molar-refractivity contribution in [1.29, 1.82) is 0 Å². The van der Waals surface area contributed by atoms with Crippen LogP contribution in [0.4, 0.5) is 16.4 Å². The molecule has 1 aromatic carbocycles. The number of benzene rings is 1. The smallest absolute Gasteiger partial charge is 0.403 e. The Balaban J connectivity index is 2.09. The molecule has 0 bridgehead atoms. The highest BCUT2D eigenvalue weighted by Gasteiger charge is 2.37. The number of hydrogen-bond acceptors (Lipinski definition) is 5. The lowest BCUT2D eigenvalue weighted by Crippen LogP contribution is -2.47.